The molecule has 0 saturated heterocycles. The zero-order chi connectivity index (χ0) is 14.7. The molecule has 6 heteroatoms. The summed E-state index contributed by atoms with van der Waals surface area (Å²) in [5, 5.41) is 5.43. The number of benzene rings is 1. The van der Waals surface area contributed by atoms with Crippen molar-refractivity contribution < 1.29 is 9.53 Å². The van der Waals surface area contributed by atoms with Crippen LogP contribution in [-0.4, -0.2) is 24.0 Å². The van der Waals surface area contributed by atoms with Crippen molar-refractivity contribution in [2.45, 2.75) is 12.8 Å². The number of aromatic nitrogens is 1. The highest BCUT2D eigenvalue weighted by atomic mass is 32.1. The lowest BCUT2D eigenvalue weighted by Gasteiger charge is -2.24. The molecule has 0 aliphatic carbocycles. The molecule has 0 bridgehead atoms. The van der Waals surface area contributed by atoms with Crippen LogP contribution in [0.3, 0.4) is 0 Å². The molecule has 1 aliphatic rings. The smallest absolute Gasteiger partial charge is 0.226 e. The van der Waals surface area contributed by atoms with Gasteiger partial charge in [-0.05, 0) is 18.1 Å². The van der Waals surface area contributed by atoms with Crippen molar-refractivity contribution in [1.82, 2.24) is 10.3 Å². The Morgan fingerprint density at radius 1 is 1.48 bits per heavy atom. The van der Waals surface area contributed by atoms with Gasteiger partial charge in [-0.25, -0.2) is 4.98 Å². The van der Waals surface area contributed by atoms with Crippen LogP contribution in [0.15, 0.2) is 29.6 Å². The molecule has 1 atom stereocenters. The van der Waals surface area contributed by atoms with Gasteiger partial charge in [-0.15, -0.1) is 11.3 Å². The monoisotopic (exact) mass is 303 g/mol. The number of hydrogen-bond donors (Lipinski definition) is 2. The molecular formula is C15H17N3O2S. The topological polar surface area (TPSA) is 77.2 Å². The number of nitrogen functional groups attached to an aromatic ring is 1. The molecule has 0 radical (unpaired) electrons. The summed E-state index contributed by atoms with van der Waals surface area (Å²) in [6.45, 7) is 1.01. The highest BCUT2D eigenvalue weighted by Gasteiger charge is 2.25. The van der Waals surface area contributed by atoms with Crippen molar-refractivity contribution in [2.75, 3.05) is 18.9 Å². The number of hydrogen-bond acceptors (Lipinski definition) is 5. The van der Waals surface area contributed by atoms with Crippen molar-refractivity contribution in [1.29, 1.82) is 0 Å². The normalized spacial score (nSPS) is 16.9. The predicted molar refractivity (Wildman–Crippen MR) is 82.4 cm³/mol. The van der Waals surface area contributed by atoms with Gasteiger partial charge in [0.1, 0.15) is 12.4 Å². The number of amides is 1. The predicted octanol–water partition coefficient (Wildman–Crippen LogP) is 1.64. The Hall–Kier alpha value is -2.08. The molecule has 5 nitrogen and oxygen atoms in total. The van der Waals surface area contributed by atoms with Crippen molar-refractivity contribution in [3.8, 4) is 5.75 Å². The fourth-order valence-electron chi connectivity index (χ4n) is 2.39. The van der Waals surface area contributed by atoms with Crippen molar-refractivity contribution in [3.05, 3.63) is 40.9 Å². The Morgan fingerprint density at radius 3 is 3.14 bits per heavy atom. The zero-order valence-electron chi connectivity index (χ0n) is 11.5. The highest BCUT2D eigenvalue weighted by molar-refractivity contribution is 7.13. The van der Waals surface area contributed by atoms with Gasteiger partial charge in [-0.3, -0.25) is 4.79 Å². The first-order valence-corrected chi connectivity index (χ1v) is 7.78. The summed E-state index contributed by atoms with van der Waals surface area (Å²) < 4.78 is 5.64. The highest BCUT2D eigenvalue weighted by Crippen LogP contribution is 2.26. The fraction of sp³-hybridized carbons (Fsp3) is 0.333. The number of para-hydroxylation sites is 1. The number of anilines is 1. The summed E-state index contributed by atoms with van der Waals surface area (Å²) in [7, 11) is 0. The quantitative estimate of drug-likeness (QED) is 0.900. The summed E-state index contributed by atoms with van der Waals surface area (Å²) in [5.74, 6) is 0.799. The van der Waals surface area contributed by atoms with E-state index in [9.17, 15) is 4.79 Å². The number of thiazole rings is 1. The first-order chi connectivity index (χ1) is 10.2. The fourth-order valence-corrected chi connectivity index (χ4v) is 2.99. The van der Waals surface area contributed by atoms with Crippen LogP contribution in [-0.2, 0) is 17.6 Å². The van der Waals surface area contributed by atoms with E-state index in [1.165, 1.54) is 11.3 Å². The standard InChI is InChI=1S/C15H17N3O2S/c16-15-18-12(9-21-15)5-6-17-14(19)11-7-10-3-1-2-4-13(10)20-8-11/h1-4,9,11H,5-8H2,(H2,16,18)(H,17,19). The van der Waals surface area contributed by atoms with E-state index in [4.69, 9.17) is 10.5 Å². The Morgan fingerprint density at radius 2 is 2.33 bits per heavy atom. The van der Waals surface area contributed by atoms with E-state index in [0.717, 1.165) is 23.4 Å². The van der Waals surface area contributed by atoms with Crippen LogP contribution in [0.5, 0.6) is 5.75 Å². The molecule has 1 amide bonds. The van der Waals surface area contributed by atoms with E-state index in [-0.39, 0.29) is 11.8 Å². The second-order valence-electron chi connectivity index (χ2n) is 5.04. The van der Waals surface area contributed by atoms with Crippen LogP contribution in [0.4, 0.5) is 5.13 Å². The van der Waals surface area contributed by atoms with Crippen LogP contribution in [0.1, 0.15) is 11.3 Å². The van der Waals surface area contributed by atoms with Gasteiger partial charge in [-0.2, -0.15) is 0 Å². The maximum absolute atomic E-state index is 12.2. The number of rotatable bonds is 4. The lowest BCUT2D eigenvalue weighted by Crippen LogP contribution is -2.38. The largest absolute Gasteiger partial charge is 0.492 e. The van der Waals surface area contributed by atoms with Crippen LogP contribution in [0.2, 0.25) is 0 Å². The summed E-state index contributed by atoms with van der Waals surface area (Å²) in [4.78, 5) is 16.3. The summed E-state index contributed by atoms with van der Waals surface area (Å²) in [6.07, 6.45) is 1.43. The maximum Gasteiger partial charge on any atom is 0.226 e. The molecule has 3 N–H and O–H groups in total. The minimum Gasteiger partial charge on any atom is -0.492 e. The third kappa shape index (κ3) is 3.33. The molecular weight excluding hydrogens is 286 g/mol. The minimum absolute atomic E-state index is 0.0349. The van der Waals surface area contributed by atoms with E-state index in [1.54, 1.807) is 0 Å². The first kappa shape index (κ1) is 13.9. The molecule has 1 aromatic heterocycles. The van der Waals surface area contributed by atoms with E-state index in [0.29, 0.717) is 24.7 Å². The van der Waals surface area contributed by atoms with Gasteiger partial charge in [0.25, 0.3) is 0 Å². The van der Waals surface area contributed by atoms with Crippen molar-refractivity contribution in [3.63, 3.8) is 0 Å². The molecule has 110 valence electrons. The summed E-state index contributed by atoms with van der Waals surface area (Å²) >= 11 is 1.42. The average Bonchev–Trinajstić information content (AvgIpc) is 2.92. The van der Waals surface area contributed by atoms with Crippen LogP contribution in [0, 0.1) is 5.92 Å². The second kappa shape index (κ2) is 6.13. The third-order valence-corrected chi connectivity index (χ3v) is 4.22. The molecule has 3 rings (SSSR count). The molecule has 21 heavy (non-hydrogen) atoms. The van der Waals surface area contributed by atoms with Gasteiger partial charge in [-0.1, -0.05) is 18.2 Å². The van der Waals surface area contributed by atoms with E-state index < -0.39 is 0 Å². The Balaban J connectivity index is 1.50. The second-order valence-corrected chi connectivity index (χ2v) is 5.93. The molecule has 0 spiro atoms. The van der Waals surface area contributed by atoms with Crippen molar-refractivity contribution >= 4 is 22.4 Å². The number of nitrogens with one attached hydrogen (secondary N) is 1. The number of carbonyl (C=O) groups excluding carboxylic acids is 1. The maximum atomic E-state index is 12.2. The van der Waals surface area contributed by atoms with E-state index in [2.05, 4.69) is 10.3 Å². The van der Waals surface area contributed by atoms with Gasteiger partial charge in [0, 0.05) is 18.3 Å². The van der Waals surface area contributed by atoms with Crippen molar-refractivity contribution in [2.24, 2.45) is 5.92 Å². The lowest BCUT2D eigenvalue weighted by molar-refractivity contribution is -0.126. The Kier molecular flexibility index (Phi) is 4.06. The number of fused-ring (bicyclic) bond motifs is 1. The zero-order valence-corrected chi connectivity index (χ0v) is 12.4. The molecule has 0 saturated carbocycles. The molecule has 1 aliphatic heterocycles. The van der Waals surface area contributed by atoms with Gasteiger partial charge in [0.15, 0.2) is 5.13 Å². The summed E-state index contributed by atoms with van der Waals surface area (Å²) in [5.41, 5.74) is 7.59. The van der Waals surface area contributed by atoms with Gasteiger partial charge < -0.3 is 15.8 Å². The Bertz CT molecular complexity index is 641. The van der Waals surface area contributed by atoms with E-state index >= 15 is 0 Å². The third-order valence-electron chi connectivity index (χ3n) is 3.50. The van der Waals surface area contributed by atoms with Gasteiger partial charge in [0.2, 0.25) is 5.91 Å². The van der Waals surface area contributed by atoms with E-state index in [1.807, 2.05) is 29.6 Å². The Labute approximate surface area is 127 Å². The van der Waals surface area contributed by atoms with Crippen LogP contribution in [0.25, 0.3) is 0 Å². The molecule has 2 heterocycles. The molecule has 1 aromatic carbocycles. The lowest BCUT2D eigenvalue weighted by atomic mass is 9.96. The molecule has 0 fully saturated rings. The number of carbonyl (C=O) groups is 1. The average molecular weight is 303 g/mol. The van der Waals surface area contributed by atoms with Gasteiger partial charge >= 0.3 is 0 Å². The van der Waals surface area contributed by atoms with Gasteiger partial charge in [0.05, 0.1) is 11.6 Å². The van der Waals surface area contributed by atoms with Crippen LogP contribution < -0.4 is 15.8 Å². The number of ether oxygens (including phenoxy) is 1. The number of nitrogens with two attached hydrogens (primary N) is 1. The van der Waals surface area contributed by atoms with Crippen LogP contribution >= 0.6 is 11.3 Å². The first-order valence-electron chi connectivity index (χ1n) is 6.90. The minimum atomic E-state index is -0.125. The summed E-state index contributed by atoms with van der Waals surface area (Å²) in [6, 6.07) is 7.86. The SMILES string of the molecule is Nc1nc(CCNC(=O)C2COc3ccccc3C2)cs1. The molecule has 1 unspecified atom stereocenters. The number of nitrogens with zero attached hydrogens (tertiary/aromatic N) is 1. The molecule has 2 aromatic rings.